The van der Waals surface area contributed by atoms with Crippen LogP contribution in [0.25, 0.3) is 0 Å². The fourth-order valence-electron chi connectivity index (χ4n) is 2.78. The molecule has 1 N–H and O–H groups in total. The third-order valence-electron chi connectivity index (χ3n) is 3.91. The van der Waals surface area contributed by atoms with E-state index in [-0.39, 0.29) is 18.7 Å². The number of carbonyl (C=O) groups is 1. The van der Waals surface area contributed by atoms with Crippen molar-refractivity contribution in [2.45, 2.75) is 58.6 Å². The predicted octanol–water partition coefficient (Wildman–Crippen LogP) is 2.30. The molecule has 0 spiro atoms. The maximum Gasteiger partial charge on any atom is 0.410 e. The summed E-state index contributed by atoms with van der Waals surface area (Å²) in [6.07, 6.45) is 4.11. The minimum Gasteiger partial charge on any atom is -0.444 e. The van der Waals surface area contributed by atoms with Crippen LogP contribution in [0.2, 0.25) is 0 Å². The number of aliphatic hydroxyl groups is 1. The maximum absolute atomic E-state index is 12.1. The summed E-state index contributed by atoms with van der Waals surface area (Å²) < 4.78 is 7.43. The number of ether oxygens (including phenoxy) is 1. The lowest BCUT2D eigenvalue weighted by Crippen LogP contribution is -2.35. The van der Waals surface area contributed by atoms with Gasteiger partial charge in [0.2, 0.25) is 0 Å². The second-order valence-corrected chi connectivity index (χ2v) is 6.90. The molecule has 0 bridgehead atoms. The van der Waals surface area contributed by atoms with Crippen molar-refractivity contribution in [3.63, 3.8) is 0 Å². The summed E-state index contributed by atoms with van der Waals surface area (Å²) in [5.74, 6) is 0. The van der Waals surface area contributed by atoms with Crippen molar-refractivity contribution < 1.29 is 14.6 Å². The van der Waals surface area contributed by atoms with Gasteiger partial charge in [-0.25, -0.2) is 4.79 Å². The number of aromatic nitrogens is 2. The molecular formula is C16H27N3O3. The molecule has 6 nitrogen and oxygen atoms in total. The first kappa shape index (κ1) is 16.8. The minimum absolute atomic E-state index is 0.195. The first-order valence-electron chi connectivity index (χ1n) is 7.93. The third-order valence-corrected chi connectivity index (χ3v) is 3.91. The van der Waals surface area contributed by atoms with Crippen LogP contribution in [0.4, 0.5) is 4.79 Å². The first-order chi connectivity index (χ1) is 10.3. The summed E-state index contributed by atoms with van der Waals surface area (Å²) in [5.41, 5.74) is 1.84. The third kappa shape index (κ3) is 4.00. The van der Waals surface area contributed by atoms with Gasteiger partial charge in [-0.2, -0.15) is 5.10 Å². The van der Waals surface area contributed by atoms with Gasteiger partial charge in [-0.15, -0.1) is 0 Å². The standard InChI is InChI=1S/C16H27N3O3/c1-12-13(6-5-9-20)10-17-19(12)14-7-8-18(11-14)15(21)22-16(2,3)4/h10,14,20H,5-9,11H2,1-4H3. The van der Waals surface area contributed by atoms with Gasteiger partial charge in [0.25, 0.3) is 0 Å². The van der Waals surface area contributed by atoms with Crippen LogP contribution >= 0.6 is 0 Å². The molecule has 1 aliphatic heterocycles. The fourth-order valence-corrected chi connectivity index (χ4v) is 2.78. The number of nitrogens with zero attached hydrogens (tertiary/aromatic N) is 3. The number of aliphatic hydroxyl groups excluding tert-OH is 1. The topological polar surface area (TPSA) is 67.6 Å². The molecule has 1 saturated heterocycles. The molecular weight excluding hydrogens is 282 g/mol. The van der Waals surface area contributed by atoms with E-state index in [2.05, 4.69) is 12.0 Å². The normalized spacial score (nSPS) is 18.8. The molecule has 0 aromatic carbocycles. The first-order valence-corrected chi connectivity index (χ1v) is 7.93. The molecule has 1 fully saturated rings. The van der Waals surface area contributed by atoms with Gasteiger partial charge in [-0.1, -0.05) is 0 Å². The van der Waals surface area contributed by atoms with Gasteiger partial charge in [0.15, 0.2) is 0 Å². The van der Waals surface area contributed by atoms with E-state index < -0.39 is 5.60 Å². The molecule has 0 saturated carbocycles. The van der Waals surface area contributed by atoms with E-state index in [1.54, 1.807) is 4.90 Å². The highest BCUT2D eigenvalue weighted by Gasteiger charge is 2.31. The summed E-state index contributed by atoms with van der Waals surface area (Å²) in [6.45, 7) is 9.22. The highest BCUT2D eigenvalue weighted by atomic mass is 16.6. The van der Waals surface area contributed by atoms with Crippen LogP contribution < -0.4 is 0 Å². The Hall–Kier alpha value is -1.56. The Bertz CT molecular complexity index is 519. The second kappa shape index (κ2) is 6.69. The van der Waals surface area contributed by atoms with Crippen LogP contribution in [-0.4, -0.2) is 51.2 Å². The number of rotatable bonds is 4. The van der Waals surface area contributed by atoms with Crippen molar-refractivity contribution in [3.8, 4) is 0 Å². The number of carbonyl (C=O) groups excluding carboxylic acids is 1. The minimum atomic E-state index is -0.464. The van der Waals surface area contributed by atoms with Gasteiger partial charge in [-0.3, -0.25) is 4.68 Å². The van der Waals surface area contributed by atoms with Gasteiger partial charge in [0, 0.05) is 25.4 Å². The van der Waals surface area contributed by atoms with E-state index in [0.29, 0.717) is 13.1 Å². The summed E-state index contributed by atoms with van der Waals surface area (Å²) in [5, 5.41) is 13.4. The molecule has 1 aromatic heterocycles. The Labute approximate surface area is 132 Å². The fraction of sp³-hybridized carbons (Fsp3) is 0.750. The summed E-state index contributed by atoms with van der Waals surface area (Å²) in [4.78, 5) is 13.9. The average Bonchev–Trinajstić information content (AvgIpc) is 3.01. The highest BCUT2D eigenvalue weighted by Crippen LogP contribution is 2.25. The zero-order chi connectivity index (χ0) is 16.3. The van der Waals surface area contributed by atoms with Crippen molar-refractivity contribution in [1.82, 2.24) is 14.7 Å². The van der Waals surface area contributed by atoms with Gasteiger partial charge in [0.05, 0.1) is 12.2 Å². The molecule has 0 radical (unpaired) electrons. The van der Waals surface area contributed by atoms with Gasteiger partial charge < -0.3 is 14.7 Å². The Morgan fingerprint density at radius 3 is 2.86 bits per heavy atom. The van der Waals surface area contributed by atoms with Gasteiger partial charge in [-0.05, 0) is 52.5 Å². The molecule has 1 unspecified atom stereocenters. The molecule has 1 aromatic rings. The summed E-state index contributed by atoms with van der Waals surface area (Å²) in [6, 6.07) is 0.204. The van der Waals surface area contributed by atoms with Crippen LogP contribution in [-0.2, 0) is 11.2 Å². The largest absolute Gasteiger partial charge is 0.444 e. The van der Waals surface area contributed by atoms with Crippen LogP contribution in [0.3, 0.4) is 0 Å². The summed E-state index contributed by atoms with van der Waals surface area (Å²) >= 11 is 0. The zero-order valence-corrected chi connectivity index (χ0v) is 14.0. The van der Waals surface area contributed by atoms with Crippen molar-refractivity contribution in [2.75, 3.05) is 19.7 Å². The van der Waals surface area contributed by atoms with E-state index in [1.165, 1.54) is 5.56 Å². The highest BCUT2D eigenvalue weighted by molar-refractivity contribution is 5.68. The quantitative estimate of drug-likeness (QED) is 0.926. The molecule has 22 heavy (non-hydrogen) atoms. The molecule has 6 heteroatoms. The van der Waals surface area contributed by atoms with Gasteiger partial charge in [0.1, 0.15) is 5.60 Å². The lowest BCUT2D eigenvalue weighted by atomic mass is 10.1. The molecule has 2 rings (SSSR count). The van der Waals surface area contributed by atoms with E-state index in [0.717, 1.165) is 25.0 Å². The Morgan fingerprint density at radius 2 is 2.23 bits per heavy atom. The molecule has 1 aliphatic rings. The van der Waals surface area contributed by atoms with Crippen molar-refractivity contribution in [2.24, 2.45) is 0 Å². The summed E-state index contributed by atoms with van der Waals surface area (Å²) in [7, 11) is 0. The molecule has 1 atom stereocenters. The number of aryl methyl sites for hydroxylation is 1. The lowest BCUT2D eigenvalue weighted by molar-refractivity contribution is 0.0288. The molecule has 124 valence electrons. The Kier molecular flexibility index (Phi) is 5.11. The van der Waals surface area contributed by atoms with Crippen LogP contribution in [0.5, 0.6) is 0 Å². The monoisotopic (exact) mass is 309 g/mol. The van der Waals surface area contributed by atoms with E-state index >= 15 is 0 Å². The van der Waals surface area contributed by atoms with Crippen LogP contribution in [0.15, 0.2) is 6.20 Å². The van der Waals surface area contributed by atoms with Crippen LogP contribution in [0, 0.1) is 6.92 Å². The Balaban J connectivity index is 1.98. The number of hydrogen-bond donors (Lipinski definition) is 1. The smallest absolute Gasteiger partial charge is 0.410 e. The van der Waals surface area contributed by atoms with Crippen LogP contribution in [0.1, 0.15) is 50.9 Å². The lowest BCUT2D eigenvalue weighted by Gasteiger charge is -2.24. The maximum atomic E-state index is 12.1. The van der Waals surface area contributed by atoms with Crippen molar-refractivity contribution in [3.05, 3.63) is 17.5 Å². The van der Waals surface area contributed by atoms with Crippen molar-refractivity contribution in [1.29, 1.82) is 0 Å². The molecule has 2 heterocycles. The average molecular weight is 309 g/mol. The van der Waals surface area contributed by atoms with Gasteiger partial charge >= 0.3 is 6.09 Å². The van der Waals surface area contributed by atoms with E-state index in [4.69, 9.17) is 9.84 Å². The Morgan fingerprint density at radius 1 is 1.50 bits per heavy atom. The molecule has 0 aliphatic carbocycles. The van der Waals surface area contributed by atoms with E-state index in [9.17, 15) is 4.79 Å². The number of amides is 1. The second-order valence-electron chi connectivity index (χ2n) is 6.90. The SMILES string of the molecule is Cc1c(CCCO)cnn1C1CCN(C(=O)OC(C)(C)C)C1. The predicted molar refractivity (Wildman–Crippen MR) is 83.8 cm³/mol. The van der Waals surface area contributed by atoms with Crippen molar-refractivity contribution >= 4 is 6.09 Å². The molecule has 1 amide bonds. The zero-order valence-electron chi connectivity index (χ0n) is 14.0. The number of likely N-dealkylation sites (tertiary alicyclic amines) is 1. The van der Waals surface area contributed by atoms with E-state index in [1.807, 2.05) is 31.6 Å². The number of hydrogen-bond acceptors (Lipinski definition) is 4.